The zero-order valence-corrected chi connectivity index (χ0v) is 11.2. The van der Waals surface area contributed by atoms with E-state index in [4.69, 9.17) is 14.9 Å². The van der Waals surface area contributed by atoms with Crippen molar-refractivity contribution < 1.29 is 13.9 Å². The number of nitrogens with one attached hydrogen (secondary N) is 1. The summed E-state index contributed by atoms with van der Waals surface area (Å²) in [5.74, 6) is 0.459. The summed E-state index contributed by atoms with van der Waals surface area (Å²) in [6, 6.07) is 0.282. The second-order valence-corrected chi connectivity index (χ2v) is 5.08. The van der Waals surface area contributed by atoms with E-state index in [2.05, 4.69) is 15.5 Å². The van der Waals surface area contributed by atoms with Crippen LogP contribution >= 0.6 is 0 Å². The Kier molecular flexibility index (Phi) is 3.83. The lowest BCUT2D eigenvalue weighted by atomic mass is 10.2. The SMILES string of the molecule is NCCc1nnc(N2CCOCC2C(=O)NC2CC2)o1. The molecule has 2 aliphatic rings. The molecular formula is C12H19N5O3. The van der Waals surface area contributed by atoms with E-state index in [9.17, 15) is 4.79 Å². The predicted octanol–water partition coefficient (Wildman–Crippen LogP) is -0.945. The van der Waals surface area contributed by atoms with Crippen LogP contribution in [-0.2, 0) is 16.0 Å². The molecule has 0 spiro atoms. The third-order valence-electron chi connectivity index (χ3n) is 3.41. The summed E-state index contributed by atoms with van der Waals surface area (Å²) in [7, 11) is 0. The van der Waals surface area contributed by atoms with Crippen LogP contribution < -0.4 is 16.0 Å². The summed E-state index contributed by atoms with van der Waals surface area (Å²) in [6.45, 7) is 1.90. The molecule has 1 saturated heterocycles. The fourth-order valence-corrected chi connectivity index (χ4v) is 2.16. The van der Waals surface area contributed by atoms with Gasteiger partial charge < -0.3 is 25.1 Å². The van der Waals surface area contributed by atoms with Crippen molar-refractivity contribution in [3.8, 4) is 0 Å². The molecule has 1 aliphatic heterocycles. The molecule has 3 N–H and O–H groups in total. The zero-order valence-electron chi connectivity index (χ0n) is 11.2. The van der Waals surface area contributed by atoms with Gasteiger partial charge in [0.15, 0.2) is 0 Å². The van der Waals surface area contributed by atoms with E-state index in [-0.39, 0.29) is 5.91 Å². The van der Waals surface area contributed by atoms with Crippen molar-refractivity contribution in [2.75, 3.05) is 31.2 Å². The molecule has 20 heavy (non-hydrogen) atoms. The van der Waals surface area contributed by atoms with Crippen LogP contribution in [0.3, 0.4) is 0 Å². The molecule has 0 bridgehead atoms. The minimum Gasteiger partial charge on any atom is -0.408 e. The maximum absolute atomic E-state index is 12.2. The lowest BCUT2D eigenvalue weighted by Crippen LogP contribution is -2.54. The first-order valence-corrected chi connectivity index (χ1v) is 6.95. The molecule has 8 heteroatoms. The van der Waals surface area contributed by atoms with Crippen LogP contribution in [0.15, 0.2) is 4.42 Å². The summed E-state index contributed by atoms with van der Waals surface area (Å²) < 4.78 is 11.0. The Bertz CT molecular complexity index is 473. The van der Waals surface area contributed by atoms with E-state index >= 15 is 0 Å². The number of rotatable bonds is 5. The number of nitrogens with two attached hydrogens (primary N) is 1. The minimum absolute atomic E-state index is 0.0363. The molecule has 1 aromatic rings. The summed E-state index contributed by atoms with van der Waals surface area (Å²) in [6.07, 6.45) is 2.65. The molecule has 1 saturated carbocycles. The van der Waals surface area contributed by atoms with E-state index in [1.54, 1.807) is 0 Å². The van der Waals surface area contributed by atoms with Crippen molar-refractivity contribution in [3.63, 3.8) is 0 Å². The van der Waals surface area contributed by atoms with Gasteiger partial charge in [-0.1, -0.05) is 5.10 Å². The molecule has 1 atom stereocenters. The highest BCUT2D eigenvalue weighted by molar-refractivity contribution is 5.85. The van der Waals surface area contributed by atoms with Gasteiger partial charge in [0.05, 0.1) is 13.2 Å². The zero-order chi connectivity index (χ0) is 13.9. The third kappa shape index (κ3) is 2.91. The number of anilines is 1. The van der Waals surface area contributed by atoms with Crippen LogP contribution in [0.4, 0.5) is 6.01 Å². The summed E-state index contributed by atoms with van der Waals surface area (Å²) in [5.41, 5.74) is 5.46. The van der Waals surface area contributed by atoms with Gasteiger partial charge in [-0.05, 0) is 12.8 Å². The fraction of sp³-hybridized carbons (Fsp3) is 0.750. The van der Waals surface area contributed by atoms with Crippen molar-refractivity contribution >= 4 is 11.9 Å². The Morgan fingerprint density at radius 3 is 3.05 bits per heavy atom. The molecule has 110 valence electrons. The van der Waals surface area contributed by atoms with Gasteiger partial charge >= 0.3 is 6.01 Å². The van der Waals surface area contributed by atoms with Gasteiger partial charge in [0.25, 0.3) is 0 Å². The van der Waals surface area contributed by atoms with Crippen LogP contribution in [0.25, 0.3) is 0 Å². The predicted molar refractivity (Wildman–Crippen MR) is 70.2 cm³/mol. The molecule has 8 nitrogen and oxygen atoms in total. The molecule has 3 rings (SSSR count). The maximum Gasteiger partial charge on any atom is 0.319 e. The maximum atomic E-state index is 12.2. The molecule has 2 fully saturated rings. The standard InChI is InChI=1S/C12H19N5O3/c13-4-3-10-15-16-12(20-10)17-5-6-19-7-9(17)11(18)14-8-1-2-8/h8-9H,1-7,13H2,(H,14,18). The molecule has 1 amide bonds. The Morgan fingerprint density at radius 2 is 2.30 bits per heavy atom. The molecule has 1 aromatic heterocycles. The van der Waals surface area contributed by atoms with Crippen LogP contribution in [0.1, 0.15) is 18.7 Å². The summed E-state index contributed by atoms with van der Waals surface area (Å²) >= 11 is 0. The molecule has 1 unspecified atom stereocenters. The molecule has 2 heterocycles. The van der Waals surface area contributed by atoms with E-state index < -0.39 is 6.04 Å². The van der Waals surface area contributed by atoms with Gasteiger partial charge in [0.1, 0.15) is 6.04 Å². The Hall–Kier alpha value is -1.67. The Balaban J connectivity index is 1.71. The molecule has 0 aromatic carbocycles. The minimum atomic E-state index is -0.407. The Labute approximate surface area is 116 Å². The topological polar surface area (TPSA) is 107 Å². The largest absolute Gasteiger partial charge is 0.408 e. The average molecular weight is 281 g/mol. The van der Waals surface area contributed by atoms with E-state index in [0.29, 0.717) is 50.7 Å². The first-order valence-electron chi connectivity index (χ1n) is 6.95. The second-order valence-electron chi connectivity index (χ2n) is 5.08. The first-order chi connectivity index (χ1) is 9.78. The van der Waals surface area contributed by atoms with Gasteiger partial charge in [-0.2, -0.15) is 0 Å². The van der Waals surface area contributed by atoms with Crippen molar-refractivity contribution in [2.45, 2.75) is 31.3 Å². The number of aromatic nitrogens is 2. The van der Waals surface area contributed by atoms with Crippen molar-refractivity contribution in [3.05, 3.63) is 5.89 Å². The number of morpholine rings is 1. The number of carbonyl (C=O) groups excluding carboxylic acids is 1. The molecule has 0 radical (unpaired) electrons. The summed E-state index contributed by atoms with van der Waals surface area (Å²) in [4.78, 5) is 14.0. The van der Waals surface area contributed by atoms with E-state index in [1.165, 1.54) is 0 Å². The average Bonchev–Trinajstić information content (AvgIpc) is 3.15. The number of carbonyl (C=O) groups is 1. The lowest BCUT2D eigenvalue weighted by molar-refractivity contribution is -0.124. The van der Waals surface area contributed by atoms with Crippen LogP contribution in [0.2, 0.25) is 0 Å². The van der Waals surface area contributed by atoms with Crippen LogP contribution in [0, 0.1) is 0 Å². The van der Waals surface area contributed by atoms with Gasteiger partial charge in [-0.25, -0.2) is 0 Å². The van der Waals surface area contributed by atoms with Crippen molar-refractivity contribution in [1.82, 2.24) is 15.5 Å². The number of ether oxygens (including phenoxy) is 1. The Morgan fingerprint density at radius 1 is 1.45 bits per heavy atom. The summed E-state index contributed by atoms with van der Waals surface area (Å²) in [5, 5.41) is 10.9. The smallest absolute Gasteiger partial charge is 0.319 e. The second kappa shape index (κ2) is 5.76. The molecule has 1 aliphatic carbocycles. The van der Waals surface area contributed by atoms with Crippen molar-refractivity contribution in [2.24, 2.45) is 5.73 Å². The fourth-order valence-electron chi connectivity index (χ4n) is 2.16. The van der Waals surface area contributed by atoms with E-state index in [1.807, 2.05) is 4.90 Å². The van der Waals surface area contributed by atoms with Gasteiger partial charge in [0.2, 0.25) is 11.8 Å². The van der Waals surface area contributed by atoms with Crippen LogP contribution in [-0.4, -0.2) is 54.5 Å². The van der Waals surface area contributed by atoms with Gasteiger partial charge in [-0.3, -0.25) is 4.79 Å². The number of hydrogen-bond donors (Lipinski definition) is 2. The quantitative estimate of drug-likeness (QED) is 0.717. The third-order valence-corrected chi connectivity index (χ3v) is 3.41. The number of nitrogens with zero attached hydrogens (tertiary/aromatic N) is 3. The highest BCUT2D eigenvalue weighted by atomic mass is 16.5. The van der Waals surface area contributed by atoms with Crippen LogP contribution in [0.5, 0.6) is 0 Å². The lowest BCUT2D eigenvalue weighted by Gasteiger charge is -2.32. The number of hydrogen-bond acceptors (Lipinski definition) is 7. The highest BCUT2D eigenvalue weighted by Gasteiger charge is 2.35. The molecular weight excluding hydrogens is 262 g/mol. The number of amides is 1. The van der Waals surface area contributed by atoms with E-state index in [0.717, 1.165) is 12.8 Å². The highest BCUT2D eigenvalue weighted by Crippen LogP contribution is 2.22. The normalized spacial score (nSPS) is 22.9. The monoisotopic (exact) mass is 281 g/mol. The van der Waals surface area contributed by atoms with Crippen molar-refractivity contribution in [1.29, 1.82) is 0 Å². The van der Waals surface area contributed by atoms with Gasteiger partial charge in [0, 0.05) is 25.6 Å². The first kappa shape index (κ1) is 13.3. The van der Waals surface area contributed by atoms with Gasteiger partial charge in [-0.15, -0.1) is 5.10 Å².